The van der Waals surface area contributed by atoms with Crippen molar-refractivity contribution >= 4 is 15.7 Å². The molecule has 3 aromatic rings. The Balaban J connectivity index is 1.32. The number of benzene rings is 2. The van der Waals surface area contributed by atoms with Gasteiger partial charge in [0.15, 0.2) is 15.7 Å². The van der Waals surface area contributed by atoms with E-state index in [0.717, 1.165) is 30.5 Å². The summed E-state index contributed by atoms with van der Waals surface area (Å²) in [4.78, 5) is 16.4. The zero-order valence-corrected chi connectivity index (χ0v) is 25.7. The normalized spacial score (nSPS) is 21.7. The second-order valence-corrected chi connectivity index (χ2v) is 14.3. The molecule has 1 saturated carbocycles. The number of halogens is 3. The summed E-state index contributed by atoms with van der Waals surface area (Å²) in [5, 5.41) is 8.05. The van der Waals surface area contributed by atoms with E-state index in [4.69, 9.17) is 0 Å². The van der Waals surface area contributed by atoms with E-state index in [9.17, 15) is 22.0 Å². The molecule has 0 radical (unpaired) electrons. The van der Waals surface area contributed by atoms with E-state index >= 15 is 4.39 Å². The van der Waals surface area contributed by atoms with E-state index < -0.39 is 48.6 Å². The maximum atomic E-state index is 15.6. The standard InChI is InChI=1S/C31H38F3N5O3S/c1-5-31(4,22-10-12-23(32)13-11-22)39-19-24(35-36-39)18-38-20(2)16-37(17-21(38)3)30(40)28-26(33)14-15-27(29(28)34)43(41,42)25-8-6-7-9-25/h10-15,19-21,25H,5-9,16-18H2,1-4H3/t20-,21+,31?. The Kier molecular flexibility index (Phi) is 8.72. The molecule has 1 aliphatic carbocycles. The lowest BCUT2D eigenvalue weighted by Gasteiger charge is -2.44. The molecule has 2 fully saturated rings. The molecule has 2 heterocycles. The lowest BCUT2D eigenvalue weighted by Crippen LogP contribution is -2.57. The molecule has 3 atom stereocenters. The summed E-state index contributed by atoms with van der Waals surface area (Å²) in [6.07, 6.45) is 4.90. The first-order chi connectivity index (χ1) is 20.4. The smallest absolute Gasteiger partial charge is 0.259 e. The molecule has 12 heteroatoms. The van der Waals surface area contributed by atoms with Crippen molar-refractivity contribution in [1.82, 2.24) is 24.8 Å². The topological polar surface area (TPSA) is 88.4 Å². The third-order valence-electron chi connectivity index (χ3n) is 9.25. The van der Waals surface area contributed by atoms with Crippen LogP contribution in [-0.2, 0) is 21.9 Å². The van der Waals surface area contributed by atoms with Crippen LogP contribution in [0.4, 0.5) is 13.2 Å². The molecular weight excluding hydrogens is 579 g/mol. The third-order valence-corrected chi connectivity index (χ3v) is 11.5. The van der Waals surface area contributed by atoms with Gasteiger partial charge in [0.1, 0.15) is 22.1 Å². The van der Waals surface area contributed by atoms with Gasteiger partial charge in [-0.15, -0.1) is 5.10 Å². The number of hydrogen-bond acceptors (Lipinski definition) is 6. The highest BCUT2D eigenvalue weighted by Crippen LogP contribution is 2.33. The van der Waals surface area contributed by atoms with Crippen molar-refractivity contribution in [3.63, 3.8) is 0 Å². The fraction of sp³-hybridized carbons (Fsp3) is 0.516. The second-order valence-electron chi connectivity index (χ2n) is 12.1. The molecule has 1 aromatic heterocycles. The molecule has 232 valence electrons. The summed E-state index contributed by atoms with van der Waals surface area (Å²) >= 11 is 0. The Morgan fingerprint density at radius 1 is 1.00 bits per heavy atom. The van der Waals surface area contributed by atoms with Gasteiger partial charge in [-0.1, -0.05) is 37.1 Å². The van der Waals surface area contributed by atoms with Crippen molar-refractivity contribution < 1.29 is 26.4 Å². The minimum absolute atomic E-state index is 0.191. The number of hydrogen-bond donors (Lipinski definition) is 0. The van der Waals surface area contributed by atoms with Gasteiger partial charge in [-0.3, -0.25) is 9.69 Å². The first kappa shape index (κ1) is 31.2. The summed E-state index contributed by atoms with van der Waals surface area (Å²) in [6, 6.07) is 7.76. The Morgan fingerprint density at radius 3 is 2.23 bits per heavy atom. The van der Waals surface area contributed by atoms with E-state index in [2.05, 4.69) is 15.2 Å². The summed E-state index contributed by atoms with van der Waals surface area (Å²) in [5.74, 6) is -3.56. The summed E-state index contributed by atoms with van der Waals surface area (Å²) < 4.78 is 72.0. The predicted octanol–water partition coefficient (Wildman–Crippen LogP) is 5.32. The van der Waals surface area contributed by atoms with Crippen molar-refractivity contribution in [2.24, 2.45) is 0 Å². The molecule has 1 saturated heterocycles. The molecule has 0 N–H and O–H groups in total. The molecule has 1 aliphatic heterocycles. The van der Waals surface area contributed by atoms with Crippen LogP contribution in [-0.4, -0.2) is 69.5 Å². The molecule has 43 heavy (non-hydrogen) atoms. The van der Waals surface area contributed by atoms with Crippen molar-refractivity contribution in [1.29, 1.82) is 0 Å². The van der Waals surface area contributed by atoms with Gasteiger partial charge < -0.3 is 4.90 Å². The first-order valence-electron chi connectivity index (χ1n) is 14.8. The fourth-order valence-corrected chi connectivity index (χ4v) is 8.35. The average molecular weight is 618 g/mol. The van der Waals surface area contributed by atoms with Crippen LogP contribution in [0.5, 0.6) is 0 Å². The van der Waals surface area contributed by atoms with Crippen LogP contribution in [0.2, 0.25) is 0 Å². The van der Waals surface area contributed by atoms with Gasteiger partial charge in [-0.25, -0.2) is 26.3 Å². The molecule has 2 aliphatic rings. The molecule has 0 bridgehead atoms. The van der Waals surface area contributed by atoms with Gasteiger partial charge in [-0.05, 0) is 69.9 Å². The highest BCUT2D eigenvalue weighted by Gasteiger charge is 2.38. The molecule has 1 amide bonds. The monoisotopic (exact) mass is 617 g/mol. The van der Waals surface area contributed by atoms with Gasteiger partial charge in [0.2, 0.25) is 0 Å². The molecule has 0 spiro atoms. The lowest BCUT2D eigenvalue weighted by molar-refractivity contribution is 0.0257. The van der Waals surface area contributed by atoms with Crippen LogP contribution in [0, 0.1) is 17.5 Å². The van der Waals surface area contributed by atoms with Crippen molar-refractivity contribution in [3.05, 3.63) is 76.9 Å². The number of amides is 1. The number of carbonyl (C=O) groups excluding carboxylic acids is 1. The fourth-order valence-electron chi connectivity index (χ4n) is 6.43. The summed E-state index contributed by atoms with van der Waals surface area (Å²) in [5.41, 5.74) is 0.257. The number of sulfone groups is 1. The Morgan fingerprint density at radius 2 is 1.63 bits per heavy atom. The molecule has 5 rings (SSSR count). The maximum absolute atomic E-state index is 15.6. The van der Waals surface area contributed by atoms with Crippen LogP contribution >= 0.6 is 0 Å². The predicted molar refractivity (Wildman–Crippen MR) is 156 cm³/mol. The Bertz CT molecular complexity index is 1580. The van der Waals surface area contributed by atoms with Crippen molar-refractivity contribution in [2.75, 3.05) is 13.1 Å². The Hall–Kier alpha value is -3.25. The minimum Gasteiger partial charge on any atom is -0.335 e. The average Bonchev–Trinajstić information content (AvgIpc) is 3.68. The van der Waals surface area contributed by atoms with Crippen LogP contribution < -0.4 is 0 Å². The number of piperazine rings is 1. The van der Waals surface area contributed by atoms with E-state index in [0.29, 0.717) is 31.5 Å². The Labute approximate surface area is 250 Å². The summed E-state index contributed by atoms with van der Waals surface area (Å²) in [6.45, 7) is 8.70. The number of carbonyl (C=O) groups is 1. The quantitative estimate of drug-likeness (QED) is 0.318. The maximum Gasteiger partial charge on any atom is 0.259 e. The van der Waals surface area contributed by atoms with E-state index in [1.807, 2.05) is 33.9 Å². The molecular formula is C31H38F3N5O3S. The van der Waals surface area contributed by atoms with Crippen LogP contribution in [0.15, 0.2) is 47.5 Å². The second kappa shape index (κ2) is 12.0. The lowest BCUT2D eigenvalue weighted by atomic mass is 9.89. The van der Waals surface area contributed by atoms with Gasteiger partial charge in [0, 0.05) is 31.7 Å². The van der Waals surface area contributed by atoms with Crippen molar-refractivity contribution in [3.8, 4) is 0 Å². The van der Waals surface area contributed by atoms with E-state index in [-0.39, 0.29) is 31.0 Å². The van der Waals surface area contributed by atoms with Crippen LogP contribution in [0.3, 0.4) is 0 Å². The largest absolute Gasteiger partial charge is 0.335 e. The van der Waals surface area contributed by atoms with Gasteiger partial charge in [-0.2, -0.15) is 0 Å². The zero-order chi connectivity index (χ0) is 31.1. The zero-order valence-electron chi connectivity index (χ0n) is 24.9. The van der Waals surface area contributed by atoms with Crippen LogP contribution in [0.1, 0.15) is 81.4 Å². The molecule has 8 nitrogen and oxygen atoms in total. The number of nitrogens with zero attached hydrogens (tertiary/aromatic N) is 5. The highest BCUT2D eigenvalue weighted by molar-refractivity contribution is 7.92. The minimum atomic E-state index is -4.02. The van der Waals surface area contributed by atoms with Crippen molar-refractivity contribution in [2.45, 2.75) is 94.1 Å². The van der Waals surface area contributed by atoms with Gasteiger partial charge in [0.25, 0.3) is 5.91 Å². The number of aromatic nitrogens is 3. The molecule has 1 unspecified atom stereocenters. The highest BCUT2D eigenvalue weighted by atomic mass is 32.2. The van der Waals surface area contributed by atoms with Gasteiger partial charge in [0.05, 0.1) is 22.7 Å². The third kappa shape index (κ3) is 5.83. The molecule has 2 aromatic carbocycles. The van der Waals surface area contributed by atoms with Gasteiger partial charge >= 0.3 is 0 Å². The van der Waals surface area contributed by atoms with Crippen LogP contribution in [0.25, 0.3) is 0 Å². The van der Waals surface area contributed by atoms with E-state index in [1.54, 1.807) is 16.8 Å². The number of rotatable bonds is 8. The van der Waals surface area contributed by atoms with E-state index in [1.165, 1.54) is 17.0 Å². The SMILES string of the molecule is CCC(C)(c1ccc(F)cc1)n1cc(CN2[C@H](C)CN(C(=O)c3c(F)ccc(S(=O)(=O)C4CCCC4)c3F)C[C@@H]2C)nn1. The first-order valence-corrected chi connectivity index (χ1v) is 16.4. The summed E-state index contributed by atoms with van der Waals surface area (Å²) in [7, 11) is -4.02.